The lowest BCUT2D eigenvalue weighted by molar-refractivity contribution is 0.144. The van der Waals surface area contributed by atoms with Gasteiger partial charge in [0.15, 0.2) is 5.82 Å². The zero-order chi connectivity index (χ0) is 10.2. The van der Waals surface area contributed by atoms with Crippen LogP contribution in [0.4, 0.5) is 0 Å². The first-order valence-electron chi connectivity index (χ1n) is 4.96. The van der Waals surface area contributed by atoms with E-state index in [9.17, 15) is 0 Å². The molecule has 1 aromatic rings. The zero-order valence-electron chi connectivity index (χ0n) is 8.53. The van der Waals surface area contributed by atoms with Gasteiger partial charge in [0.2, 0.25) is 5.89 Å². The summed E-state index contributed by atoms with van der Waals surface area (Å²) < 4.78 is 10.2. The smallest absolute Gasteiger partial charge is 0.228 e. The Balaban J connectivity index is 2.27. The van der Waals surface area contributed by atoms with E-state index < -0.39 is 0 Å². The molecular weight excluding hydrogens is 182 g/mol. The highest BCUT2D eigenvalue weighted by molar-refractivity contribution is 4.86. The molecule has 0 saturated carbocycles. The van der Waals surface area contributed by atoms with Crippen molar-refractivity contribution >= 4 is 0 Å². The summed E-state index contributed by atoms with van der Waals surface area (Å²) in [5.74, 6) is 1.38. The van der Waals surface area contributed by atoms with E-state index in [0.29, 0.717) is 32.1 Å². The summed E-state index contributed by atoms with van der Waals surface area (Å²) >= 11 is 0. The molecule has 0 aliphatic heterocycles. The molecule has 0 spiro atoms. The summed E-state index contributed by atoms with van der Waals surface area (Å²) in [6.07, 6.45) is 2.36. The molecule has 80 valence electrons. The van der Waals surface area contributed by atoms with Crippen LogP contribution in [0.1, 0.15) is 25.1 Å². The van der Waals surface area contributed by atoms with Crippen LogP contribution in [0.5, 0.6) is 0 Å². The molecule has 5 heteroatoms. The minimum atomic E-state index is 0.634. The molecule has 0 aromatic carbocycles. The van der Waals surface area contributed by atoms with E-state index in [-0.39, 0.29) is 0 Å². The van der Waals surface area contributed by atoms with Crippen molar-refractivity contribution in [3.8, 4) is 0 Å². The molecule has 0 aliphatic rings. The van der Waals surface area contributed by atoms with Gasteiger partial charge in [-0.25, -0.2) is 0 Å². The van der Waals surface area contributed by atoms with E-state index in [4.69, 9.17) is 15.0 Å². The second kappa shape index (κ2) is 6.50. The second-order valence-electron chi connectivity index (χ2n) is 2.94. The lowest BCUT2D eigenvalue weighted by Gasteiger charge is -1.94. The largest absolute Gasteiger partial charge is 0.381 e. The van der Waals surface area contributed by atoms with Crippen molar-refractivity contribution in [2.45, 2.75) is 26.2 Å². The molecular formula is C9H17N3O2. The van der Waals surface area contributed by atoms with Crippen LogP contribution in [0.3, 0.4) is 0 Å². The van der Waals surface area contributed by atoms with Crippen molar-refractivity contribution in [3.63, 3.8) is 0 Å². The molecule has 1 rings (SSSR count). The third-order valence-corrected chi connectivity index (χ3v) is 1.78. The van der Waals surface area contributed by atoms with Gasteiger partial charge in [-0.1, -0.05) is 5.16 Å². The Labute approximate surface area is 83.6 Å². The van der Waals surface area contributed by atoms with E-state index in [0.717, 1.165) is 18.7 Å². The van der Waals surface area contributed by atoms with E-state index >= 15 is 0 Å². The Morgan fingerprint density at radius 2 is 2.29 bits per heavy atom. The quantitative estimate of drug-likeness (QED) is 0.649. The fourth-order valence-electron chi connectivity index (χ4n) is 1.06. The number of aryl methyl sites for hydroxylation is 1. The first-order chi connectivity index (χ1) is 6.86. The Morgan fingerprint density at radius 3 is 3.00 bits per heavy atom. The maximum Gasteiger partial charge on any atom is 0.228 e. The van der Waals surface area contributed by atoms with Crippen molar-refractivity contribution < 1.29 is 9.26 Å². The highest BCUT2D eigenvalue weighted by Gasteiger charge is 2.04. The van der Waals surface area contributed by atoms with Gasteiger partial charge in [-0.3, -0.25) is 0 Å². The molecule has 0 amide bonds. The van der Waals surface area contributed by atoms with Crippen molar-refractivity contribution in [2.75, 3.05) is 19.8 Å². The fraction of sp³-hybridized carbons (Fsp3) is 0.778. The average Bonchev–Trinajstić information content (AvgIpc) is 2.63. The third kappa shape index (κ3) is 3.85. The lowest BCUT2D eigenvalue weighted by atomic mass is 10.3. The molecule has 1 aromatic heterocycles. The normalized spacial score (nSPS) is 10.7. The van der Waals surface area contributed by atoms with Gasteiger partial charge in [-0.2, -0.15) is 4.98 Å². The van der Waals surface area contributed by atoms with Gasteiger partial charge in [0.05, 0.1) is 13.0 Å². The Morgan fingerprint density at radius 1 is 1.43 bits per heavy atom. The van der Waals surface area contributed by atoms with Crippen LogP contribution in [-0.4, -0.2) is 29.9 Å². The standard InChI is InChI=1S/C9H17N3O2/c1-2-13-7-5-9-11-8(12-14-9)4-3-6-10/h2-7,10H2,1H3. The Bertz CT molecular complexity index is 250. The predicted octanol–water partition coefficient (Wildman–Crippen LogP) is 0.540. The molecule has 0 radical (unpaired) electrons. The molecule has 0 fully saturated rings. The molecule has 1 heterocycles. The molecule has 0 bridgehead atoms. The first kappa shape index (κ1) is 11.1. The van der Waals surface area contributed by atoms with E-state index in [1.165, 1.54) is 0 Å². The van der Waals surface area contributed by atoms with Gasteiger partial charge in [0.1, 0.15) is 0 Å². The Kier molecular flexibility index (Phi) is 5.17. The van der Waals surface area contributed by atoms with Crippen molar-refractivity contribution in [1.29, 1.82) is 0 Å². The van der Waals surface area contributed by atoms with E-state index in [1.807, 2.05) is 6.92 Å². The van der Waals surface area contributed by atoms with Gasteiger partial charge < -0.3 is 15.0 Å². The summed E-state index contributed by atoms with van der Waals surface area (Å²) in [5, 5.41) is 3.84. The predicted molar refractivity (Wildman–Crippen MR) is 51.9 cm³/mol. The van der Waals surface area contributed by atoms with Crippen LogP contribution in [0.2, 0.25) is 0 Å². The van der Waals surface area contributed by atoms with Gasteiger partial charge in [-0.15, -0.1) is 0 Å². The first-order valence-corrected chi connectivity index (χ1v) is 4.96. The van der Waals surface area contributed by atoms with Gasteiger partial charge in [0.25, 0.3) is 0 Å². The molecule has 14 heavy (non-hydrogen) atoms. The average molecular weight is 199 g/mol. The van der Waals surface area contributed by atoms with Crippen LogP contribution in [0.15, 0.2) is 4.52 Å². The van der Waals surface area contributed by atoms with E-state index in [1.54, 1.807) is 0 Å². The zero-order valence-corrected chi connectivity index (χ0v) is 8.53. The SMILES string of the molecule is CCOCCc1nc(CCCN)no1. The molecule has 0 unspecified atom stereocenters. The van der Waals surface area contributed by atoms with Gasteiger partial charge >= 0.3 is 0 Å². The summed E-state index contributed by atoms with van der Waals surface area (Å²) in [7, 11) is 0. The minimum Gasteiger partial charge on any atom is -0.381 e. The summed E-state index contributed by atoms with van der Waals surface area (Å²) in [6.45, 7) is 3.96. The number of aromatic nitrogens is 2. The summed E-state index contributed by atoms with van der Waals surface area (Å²) in [6, 6.07) is 0. The van der Waals surface area contributed by atoms with E-state index in [2.05, 4.69) is 10.1 Å². The summed E-state index contributed by atoms with van der Waals surface area (Å²) in [5.41, 5.74) is 5.38. The summed E-state index contributed by atoms with van der Waals surface area (Å²) in [4.78, 5) is 4.21. The highest BCUT2D eigenvalue weighted by Crippen LogP contribution is 2.00. The topological polar surface area (TPSA) is 74.2 Å². The number of nitrogens with zero attached hydrogens (tertiary/aromatic N) is 2. The third-order valence-electron chi connectivity index (χ3n) is 1.78. The maximum atomic E-state index is 5.38. The number of rotatable bonds is 7. The highest BCUT2D eigenvalue weighted by atomic mass is 16.5. The van der Waals surface area contributed by atoms with Gasteiger partial charge in [-0.05, 0) is 19.9 Å². The molecule has 2 N–H and O–H groups in total. The Hall–Kier alpha value is -0.940. The number of ether oxygens (including phenoxy) is 1. The maximum absolute atomic E-state index is 5.38. The molecule has 0 atom stereocenters. The van der Waals surface area contributed by atoms with Crippen molar-refractivity contribution in [3.05, 3.63) is 11.7 Å². The number of hydrogen-bond donors (Lipinski definition) is 1. The lowest BCUT2D eigenvalue weighted by Crippen LogP contribution is -2.01. The minimum absolute atomic E-state index is 0.634. The van der Waals surface area contributed by atoms with Crippen LogP contribution in [0, 0.1) is 0 Å². The molecule has 0 aliphatic carbocycles. The van der Waals surface area contributed by atoms with Crippen molar-refractivity contribution in [2.24, 2.45) is 5.73 Å². The number of hydrogen-bond acceptors (Lipinski definition) is 5. The molecule has 5 nitrogen and oxygen atoms in total. The fourth-order valence-corrected chi connectivity index (χ4v) is 1.06. The van der Waals surface area contributed by atoms with Crippen LogP contribution < -0.4 is 5.73 Å². The van der Waals surface area contributed by atoms with Gasteiger partial charge in [0, 0.05) is 13.0 Å². The number of nitrogens with two attached hydrogens (primary N) is 1. The van der Waals surface area contributed by atoms with Crippen LogP contribution in [0.25, 0.3) is 0 Å². The molecule has 0 saturated heterocycles. The van der Waals surface area contributed by atoms with Crippen LogP contribution in [-0.2, 0) is 17.6 Å². The van der Waals surface area contributed by atoms with Crippen molar-refractivity contribution in [1.82, 2.24) is 10.1 Å². The monoisotopic (exact) mass is 199 g/mol. The van der Waals surface area contributed by atoms with Crippen LogP contribution >= 0.6 is 0 Å². The second-order valence-corrected chi connectivity index (χ2v) is 2.94.